The molecule has 0 atom stereocenters. The first-order valence-electron chi connectivity index (χ1n) is 6.56. The molecule has 1 N–H and O–H groups in total. The summed E-state index contributed by atoms with van der Waals surface area (Å²) in [6.07, 6.45) is 3.86. The highest BCUT2D eigenvalue weighted by Crippen LogP contribution is 2.28. The first-order valence-corrected chi connectivity index (χ1v) is 6.94. The summed E-state index contributed by atoms with van der Waals surface area (Å²) < 4.78 is 0. The lowest BCUT2D eigenvalue weighted by molar-refractivity contribution is -0.0277. The van der Waals surface area contributed by atoms with Gasteiger partial charge < -0.3 is 10.0 Å². The minimum absolute atomic E-state index is 0.549. The molecule has 1 aliphatic rings. The van der Waals surface area contributed by atoms with Crippen LogP contribution in [0.4, 0.5) is 0 Å². The molecule has 0 amide bonds. The fourth-order valence-corrected chi connectivity index (χ4v) is 2.68. The van der Waals surface area contributed by atoms with Gasteiger partial charge in [0.15, 0.2) is 0 Å². The van der Waals surface area contributed by atoms with E-state index in [4.69, 9.17) is 11.6 Å². The van der Waals surface area contributed by atoms with Gasteiger partial charge in [-0.25, -0.2) is 0 Å². The summed E-state index contributed by atoms with van der Waals surface area (Å²) in [5.74, 6) is 0. The molecule has 3 nitrogen and oxygen atoms in total. The van der Waals surface area contributed by atoms with Crippen molar-refractivity contribution in [3.63, 3.8) is 0 Å². The van der Waals surface area contributed by atoms with E-state index >= 15 is 0 Å². The number of aliphatic hydroxyl groups is 1. The molecule has 1 saturated heterocycles. The van der Waals surface area contributed by atoms with Gasteiger partial charge in [0.2, 0.25) is 0 Å². The number of aromatic nitrogens is 1. The molecule has 1 aromatic heterocycles. The Hall–Kier alpha value is -0.640. The number of pyridine rings is 1. The third-order valence-corrected chi connectivity index (χ3v) is 4.13. The molecule has 100 valence electrons. The Bertz CT molecular complexity index is 401. The largest absolute Gasteiger partial charge is 0.389 e. The van der Waals surface area contributed by atoms with Crippen LogP contribution in [0.25, 0.3) is 0 Å². The number of hydrogen-bond acceptors (Lipinski definition) is 3. The van der Waals surface area contributed by atoms with Crippen LogP contribution in [0.5, 0.6) is 0 Å². The van der Waals surface area contributed by atoms with Crippen molar-refractivity contribution >= 4 is 11.6 Å². The second-order valence-electron chi connectivity index (χ2n) is 5.46. The molecule has 0 aromatic carbocycles. The fraction of sp³-hybridized carbons (Fsp3) is 0.643. The Morgan fingerprint density at radius 1 is 1.44 bits per heavy atom. The maximum Gasteiger partial charge on any atom is 0.0727 e. The zero-order chi connectivity index (χ0) is 13.2. The van der Waals surface area contributed by atoms with Crippen LogP contribution in [0.1, 0.15) is 32.4 Å². The molecule has 0 radical (unpaired) electrons. The van der Waals surface area contributed by atoms with E-state index in [0.29, 0.717) is 17.5 Å². The van der Waals surface area contributed by atoms with E-state index in [1.54, 1.807) is 6.20 Å². The van der Waals surface area contributed by atoms with Crippen LogP contribution in [0, 0.1) is 0 Å². The highest BCUT2D eigenvalue weighted by Gasteiger charge is 2.33. The first kappa shape index (κ1) is 13.8. The number of hydrogen-bond donors (Lipinski definition) is 1. The van der Waals surface area contributed by atoms with Gasteiger partial charge in [0.05, 0.1) is 16.3 Å². The SMILES string of the molecule is CC(C)N1CCC(O)(Cc2ncccc2Cl)CC1. The zero-order valence-electron chi connectivity index (χ0n) is 11.1. The Morgan fingerprint density at radius 3 is 2.67 bits per heavy atom. The Kier molecular flexibility index (Phi) is 4.25. The Labute approximate surface area is 114 Å². The van der Waals surface area contributed by atoms with Crippen molar-refractivity contribution in [1.29, 1.82) is 0 Å². The third-order valence-electron chi connectivity index (χ3n) is 3.79. The number of piperidine rings is 1. The molecular formula is C14H21ClN2O. The van der Waals surface area contributed by atoms with Crippen molar-refractivity contribution in [1.82, 2.24) is 9.88 Å². The van der Waals surface area contributed by atoms with Crippen molar-refractivity contribution in [3.05, 3.63) is 29.0 Å². The van der Waals surface area contributed by atoms with Gasteiger partial charge in [0, 0.05) is 31.7 Å². The highest BCUT2D eigenvalue weighted by atomic mass is 35.5. The van der Waals surface area contributed by atoms with E-state index in [1.807, 2.05) is 12.1 Å². The molecule has 2 heterocycles. The zero-order valence-corrected chi connectivity index (χ0v) is 11.8. The van der Waals surface area contributed by atoms with Crippen molar-refractivity contribution in [2.24, 2.45) is 0 Å². The fourth-order valence-electron chi connectivity index (χ4n) is 2.49. The number of halogens is 1. The van der Waals surface area contributed by atoms with Gasteiger partial charge in [-0.15, -0.1) is 0 Å². The van der Waals surface area contributed by atoms with Crippen molar-refractivity contribution in [2.75, 3.05) is 13.1 Å². The minimum atomic E-state index is -0.649. The summed E-state index contributed by atoms with van der Waals surface area (Å²) in [7, 11) is 0. The second kappa shape index (κ2) is 5.55. The van der Waals surface area contributed by atoms with Crippen molar-refractivity contribution in [2.45, 2.75) is 44.8 Å². The lowest BCUT2D eigenvalue weighted by Crippen LogP contribution is -2.48. The predicted octanol–water partition coefficient (Wildman–Crippen LogP) is 2.51. The average molecular weight is 269 g/mol. The van der Waals surface area contributed by atoms with Crippen LogP contribution in [-0.4, -0.2) is 39.7 Å². The molecular weight excluding hydrogens is 248 g/mol. The maximum atomic E-state index is 10.6. The summed E-state index contributed by atoms with van der Waals surface area (Å²) in [5, 5.41) is 11.3. The summed E-state index contributed by atoms with van der Waals surface area (Å²) in [6, 6.07) is 4.20. The number of rotatable bonds is 3. The van der Waals surface area contributed by atoms with Gasteiger partial charge >= 0.3 is 0 Å². The topological polar surface area (TPSA) is 36.4 Å². The molecule has 4 heteroatoms. The van der Waals surface area contributed by atoms with Crippen LogP contribution >= 0.6 is 11.6 Å². The van der Waals surface area contributed by atoms with Crippen LogP contribution < -0.4 is 0 Å². The van der Waals surface area contributed by atoms with Gasteiger partial charge in [-0.05, 0) is 38.8 Å². The smallest absolute Gasteiger partial charge is 0.0727 e. The van der Waals surface area contributed by atoms with E-state index in [1.165, 1.54) is 0 Å². The molecule has 2 rings (SSSR count). The number of nitrogens with zero attached hydrogens (tertiary/aromatic N) is 2. The lowest BCUT2D eigenvalue weighted by atomic mass is 9.86. The predicted molar refractivity (Wildman–Crippen MR) is 73.8 cm³/mol. The van der Waals surface area contributed by atoms with Crippen LogP contribution in [0.3, 0.4) is 0 Å². The minimum Gasteiger partial charge on any atom is -0.389 e. The summed E-state index contributed by atoms with van der Waals surface area (Å²) in [6.45, 7) is 6.28. The molecule has 0 saturated carbocycles. The lowest BCUT2D eigenvalue weighted by Gasteiger charge is -2.40. The van der Waals surface area contributed by atoms with Gasteiger partial charge in [-0.3, -0.25) is 4.98 Å². The monoisotopic (exact) mass is 268 g/mol. The summed E-state index contributed by atoms with van der Waals surface area (Å²) >= 11 is 6.10. The molecule has 0 unspecified atom stereocenters. The molecule has 1 aromatic rings. The summed E-state index contributed by atoms with van der Waals surface area (Å²) in [5.41, 5.74) is 0.156. The first-order chi connectivity index (χ1) is 8.50. The molecule has 0 spiro atoms. The van der Waals surface area contributed by atoms with E-state index in [9.17, 15) is 5.11 Å². The van der Waals surface area contributed by atoms with Crippen molar-refractivity contribution in [3.8, 4) is 0 Å². The molecule has 1 fully saturated rings. The number of likely N-dealkylation sites (tertiary alicyclic amines) is 1. The van der Waals surface area contributed by atoms with Gasteiger partial charge in [0.1, 0.15) is 0 Å². The standard InChI is InChI=1S/C14H21ClN2O/c1-11(2)17-8-5-14(18,6-9-17)10-13-12(15)4-3-7-16-13/h3-4,7,11,18H,5-6,8-10H2,1-2H3. The third kappa shape index (κ3) is 3.22. The van der Waals surface area contributed by atoms with Crippen LogP contribution in [-0.2, 0) is 6.42 Å². The molecule has 0 aliphatic carbocycles. The van der Waals surface area contributed by atoms with E-state index in [2.05, 4.69) is 23.7 Å². The van der Waals surface area contributed by atoms with Gasteiger partial charge in [-0.1, -0.05) is 11.6 Å². The van der Waals surface area contributed by atoms with E-state index in [0.717, 1.165) is 31.6 Å². The normalized spacial score (nSPS) is 20.3. The quantitative estimate of drug-likeness (QED) is 0.915. The molecule has 0 bridgehead atoms. The van der Waals surface area contributed by atoms with E-state index < -0.39 is 5.60 Å². The van der Waals surface area contributed by atoms with Crippen LogP contribution in [0.15, 0.2) is 18.3 Å². The Morgan fingerprint density at radius 2 is 2.11 bits per heavy atom. The Balaban J connectivity index is 2.00. The second-order valence-corrected chi connectivity index (χ2v) is 5.87. The molecule has 18 heavy (non-hydrogen) atoms. The highest BCUT2D eigenvalue weighted by molar-refractivity contribution is 6.31. The summed E-state index contributed by atoms with van der Waals surface area (Å²) in [4.78, 5) is 6.66. The van der Waals surface area contributed by atoms with Crippen LogP contribution in [0.2, 0.25) is 5.02 Å². The van der Waals surface area contributed by atoms with Gasteiger partial charge in [-0.2, -0.15) is 0 Å². The van der Waals surface area contributed by atoms with E-state index in [-0.39, 0.29) is 0 Å². The molecule has 1 aliphatic heterocycles. The van der Waals surface area contributed by atoms with Gasteiger partial charge in [0.25, 0.3) is 0 Å². The average Bonchev–Trinajstić information content (AvgIpc) is 2.32. The maximum absolute atomic E-state index is 10.6. The van der Waals surface area contributed by atoms with Crippen molar-refractivity contribution < 1.29 is 5.11 Å².